The Morgan fingerprint density at radius 2 is 1.59 bits per heavy atom. The number of hydrogen-bond donors (Lipinski definition) is 3. The lowest BCUT2D eigenvalue weighted by molar-refractivity contribution is -0.136. The number of benzene rings is 3. The van der Waals surface area contributed by atoms with Crippen molar-refractivity contribution in [3.05, 3.63) is 83.3 Å². The van der Waals surface area contributed by atoms with Crippen LogP contribution in [-0.4, -0.2) is 129 Å². The lowest BCUT2D eigenvalue weighted by Crippen LogP contribution is -2.56. The summed E-state index contributed by atoms with van der Waals surface area (Å²) in [4.78, 5) is 73.2. The minimum absolute atomic E-state index is 0.0210. The summed E-state index contributed by atoms with van der Waals surface area (Å²) in [5, 5.41) is 18.6. The summed E-state index contributed by atoms with van der Waals surface area (Å²) in [7, 11) is 0. The molecule has 3 saturated heterocycles. The lowest BCUT2D eigenvalue weighted by atomic mass is 10.00. The first kappa shape index (κ1) is 41.9. The standard InChI is InChI=1S/C48H52FN9O6/c1-3-30-24-57(25-31(4-2)51-30)43-37-22-50-41(35-21-32(59)20-29-7-5-6-8-33(29)35)40(49)42(37)53-47(54-43)64-27-48(13-14-48)26-56-17-15-55(16-18-56)23-28-9-10-34-36(19-28)46(63)58(45(34)62)38-11-12-39(60)52-44(38)61/h5-10,19-22,30-31,38,51,59H,3-4,11-18,23-27H2,1-2H3,(H,52,60,61). The van der Waals surface area contributed by atoms with Gasteiger partial charge in [-0.15, -0.1) is 0 Å². The Kier molecular flexibility index (Phi) is 11.0. The number of phenols is 1. The number of amides is 4. The molecule has 1 saturated carbocycles. The number of aromatic nitrogens is 3. The topological polar surface area (TPSA) is 173 Å². The summed E-state index contributed by atoms with van der Waals surface area (Å²) in [5.74, 6) is -2.01. The number of carbonyl (C=O) groups excluding carboxylic acids is 4. The first-order chi connectivity index (χ1) is 31.0. The maximum atomic E-state index is 17.0. The third kappa shape index (κ3) is 7.91. The highest BCUT2D eigenvalue weighted by Crippen LogP contribution is 2.47. The number of aromatic hydroxyl groups is 1. The van der Waals surface area contributed by atoms with Gasteiger partial charge in [0.25, 0.3) is 11.8 Å². The number of piperidine rings is 1. The van der Waals surface area contributed by atoms with Gasteiger partial charge in [0.2, 0.25) is 11.8 Å². The van der Waals surface area contributed by atoms with Gasteiger partial charge in [0.1, 0.15) is 28.8 Å². The van der Waals surface area contributed by atoms with Crippen molar-refractivity contribution < 1.29 is 33.4 Å². The van der Waals surface area contributed by atoms with Gasteiger partial charge in [-0.25, -0.2) is 4.39 Å². The van der Waals surface area contributed by atoms with Crippen molar-refractivity contribution >= 4 is 51.1 Å². The Labute approximate surface area is 370 Å². The van der Waals surface area contributed by atoms with Crippen LogP contribution in [0.3, 0.4) is 0 Å². The van der Waals surface area contributed by atoms with Gasteiger partial charge in [0, 0.05) is 88.0 Å². The highest BCUT2D eigenvalue weighted by atomic mass is 19.1. The molecule has 4 aliphatic heterocycles. The van der Waals surface area contributed by atoms with Crippen LogP contribution in [0.4, 0.5) is 10.2 Å². The van der Waals surface area contributed by atoms with E-state index < -0.39 is 35.5 Å². The van der Waals surface area contributed by atoms with Gasteiger partial charge < -0.3 is 25.0 Å². The first-order valence-corrected chi connectivity index (χ1v) is 22.5. The van der Waals surface area contributed by atoms with Crippen molar-refractivity contribution in [2.75, 3.05) is 57.3 Å². The second kappa shape index (κ2) is 16.8. The van der Waals surface area contributed by atoms with Crippen molar-refractivity contribution in [1.82, 2.24) is 40.3 Å². The molecule has 6 heterocycles. The molecule has 4 fully saturated rings. The minimum Gasteiger partial charge on any atom is -0.508 e. The van der Waals surface area contributed by atoms with Crippen LogP contribution in [-0.2, 0) is 16.1 Å². The average Bonchev–Trinajstić information content (AvgIpc) is 4.03. The molecule has 16 heteroatoms. The summed E-state index contributed by atoms with van der Waals surface area (Å²) >= 11 is 0. The number of rotatable bonds is 12. The molecule has 332 valence electrons. The van der Waals surface area contributed by atoms with Crippen LogP contribution in [0.5, 0.6) is 11.8 Å². The number of carbonyl (C=O) groups is 4. The van der Waals surface area contributed by atoms with Gasteiger partial charge in [0.05, 0.1) is 23.1 Å². The predicted molar refractivity (Wildman–Crippen MR) is 237 cm³/mol. The summed E-state index contributed by atoms with van der Waals surface area (Å²) in [6.45, 7) is 10.9. The van der Waals surface area contributed by atoms with Crippen molar-refractivity contribution in [1.29, 1.82) is 0 Å². The number of hydrogen-bond acceptors (Lipinski definition) is 13. The van der Waals surface area contributed by atoms with Crippen LogP contribution in [0.25, 0.3) is 32.9 Å². The fourth-order valence-corrected chi connectivity index (χ4v) is 9.92. The largest absolute Gasteiger partial charge is 0.508 e. The van der Waals surface area contributed by atoms with Crippen LogP contribution in [0.15, 0.2) is 60.8 Å². The number of ether oxygens (including phenoxy) is 1. The van der Waals surface area contributed by atoms with E-state index in [0.29, 0.717) is 43.0 Å². The zero-order valence-corrected chi connectivity index (χ0v) is 36.1. The number of fused-ring (bicyclic) bond motifs is 3. The molecular formula is C48H52FN9O6. The molecule has 3 unspecified atom stereocenters. The number of piperazine rings is 2. The van der Waals surface area contributed by atoms with Gasteiger partial charge in [-0.05, 0) is 72.7 Å². The number of nitrogens with zero attached hydrogens (tertiary/aromatic N) is 7. The monoisotopic (exact) mass is 869 g/mol. The van der Waals surface area contributed by atoms with E-state index in [4.69, 9.17) is 14.7 Å². The number of phenolic OH excluding ortho intramolecular Hbond substituents is 1. The normalized spacial score (nSPS) is 22.6. The molecule has 5 aromatic rings. The van der Waals surface area contributed by atoms with Crippen LogP contribution < -0.4 is 20.3 Å². The molecule has 3 atom stereocenters. The summed E-state index contributed by atoms with van der Waals surface area (Å²) in [6, 6.07) is 15.6. The molecule has 15 nitrogen and oxygen atoms in total. The van der Waals surface area contributed by atoms with E-state index >= 15 is 4.39 Å². The highest BCUT2D eigenvalue weighted by molar-refractivity contribution is 6.23. The van der Waals surface area contributed by atoms with Crippen LogP contribution in [0.2, 0.25) is 0 Å². The smallest absolute Gasteiger partial charge is 0.319 e. The van der Waals surface area contributed by atoms with Crippen molar-refractivity contribution in [3.63, 3.8) is 0 Å². The van der Waals surface area contributed by atoms with E-state index in [1.54, 1.807) is 30.5 Å². The number of halogens is 1. The molecule has 64 heavy (non-hydrogen) atoms. The van der Waals surface area contributed by atoms with Crippen LogP contribution >= 0.6 is 0 Å². The summed E-state index contributed by atoms with van der Waals surface area (Å²) in [5.41, 5.74) is 2.10. The number of nitrogens with one attached hydrogen (secondary N) is 2. The number of anilines is 1. The number of pyridine rings is 1. The Bertz CT molecular complexity index is 2690. The molecule has 4 amide bonds. The molecule has 2 aromatic heterocycles. The lowest BCUT2D eigenvalue weighted by Gasteiger charge is -2.39. The Morgan fingerprint density at radius 3 is 2.33 bits per heavy atom. The summed E-state index contributed by atoms with van der Waals surface area (Å²) in [6.07, 6.45) is 5.70. The fourth-order valence-electron chi connectivity index (χ4n) is 9.92. The molecule has 3 N–H and O–H groups in total. The van der Waals surface area contributed by atoms with E-state index in [1.165, 1.54) is 0 Å². The van der Waals surface area contributed by atoms with Gasteiger partial charge >= 0.3 is 6.01 Å². The fraction of sp³-hybridized carbons (Fsp3) is 0.438. The molecule has 1 aliphatic carbocycles. The SMILES string of the molecule is CCC1CN(c2nc(OCC3(CN4CCN(Cc5ccc6c(c5)C(=O)N(C5CCC(=O)NC5=O)C6=O)CC4)CC3)nc3c(F)c(-c4cc(O)cc5ccccc45)ncc23)CC(CC)N1. The van der Waals surface area contributed by atoms with Crippen molar-refractivity contribution in [2.24, 2.45) is 5.41 Å². The predicted octanol–water partition coefficient (Wildman–Crippen LogP) is 5.03. The third-order valence-corrected chi connectivity index (χ3v) is 13.8. The molecule has 5 aliphatic rings. The molecular weight excluding hydrogens is 818 g/mol. The van der Waals surface area contributed by atoms with E-state index in [-0.39, 0.29) is 64.4 Å². The second-order valence-electron chi connectivity index (χ2n) is 18.2. The zero-order valence-electron chi connectivity index (χ0n) is 36.1. The van der Waals surface area contributed by atoms with Crippen molar-refractivity contribution in [3.8, 4) is 23.0 Å². The number of imide groups is 2. The van der Waals surface area contributed by atoms with Gasteiger partial charge in [-0.2, -0.15) is 9.97 Å². The average molecular weight is 870 g/mol. The minimum atomic E-state index is -0.994. The first-order valence-electron chi connectivity index (χ1n) is 22.5. The van der Waals surface area contributed by atoms with E-state index in [0.717, 1.165) is 79.6 Å². The third-order valence-electron chi connectivity index (χ3n) is 13.8. The molecule has 0 spiro atoms. The second-order valence-corrected chi connectivity index (χ2v) is 18.2. The highest BCUT2D eigenvalue weighted by Gasteiger charge is 2.46. The van der Waals surface area contributed by atoms with Gasteiger partial charge in [-0.1, -0.05) is 44.2 Å². The summed E-state index contributed by atoms with van der Waals surface area (Å²) < 4.78 is 23.5. The molecule has 0 bridgehead atoms. The Morgan fingerprint density at radius 1 is 0.859 bits per heavy atom. The maximum Gasteiger partial charge on any atom is 0.319 e. The van der Waals surface area contributed by atoms with Gasteiger partial charge in [-0.3, -0.25) is 39.3 Å². The molecule has 3 aromatic carbocycles. The Balaban J connectivity index is 0.832. The van der Waals surface area contributed by atoms with Crippen LogP contribution in [0.1, 0.15) is 78.7 Å². The molecule has 10 rings (SSSR count). The quantitative estimate of drug-likeness (QED) is 0.143. The maximum absolute atomic E-state index is 17.0. The Hall–Kier alpha value is -6.10. The van der Waals surface area contributed by atoms with E-state index in [2.05, 4.69) is 44.2 Å². The van der Waals surface area contributed by atoms with E-state index in [9.17, 15) is 24.3 Å². The molecule has 0 radical (unpaired) electrons. The van der Waals surface area contributed by atoms with Crippen LogP contribution in [0, 0.1) is 11.2 Å². The van der Waals surface area contributed by atoms with Gasteiger partial charge in [0.15, 0.2) is 5.82 Å². The van der Waals surface area contributed by atoms with E-state index in [1.807, 2.05) is 30.3 Å². The zero-order chi connectivity index (χ0) is 44.3. The van der Waals surface area contributed by atoms with Crippen molar-refractivity contribution in [2.45, 2.75) is 77.0 Å².